The molecule has 2 amide bonds. The number of carbonyl (C=O) groups is 2. The number of hydrogen-bond acceptors (Lipinski definition) is 6. The lowest BCUT2D eigenvalue weighted by Crippen LogP contribution is -2.41. The smallest absolute Gasteiger partial charge is 0.281 e. The first-order valence-electron chi connectivity index (χ1n) is 8.49. The Hall–Kier alpha value is -3.46. The van der Waals surface area contributed by atoms with Crippen LogP contribution in [0, 0.1) is 12.7 Å². The Balaban J connectivity index is 1.75. The van der Waals surface area contributed by atoms with Crippen molar-refractivity contribution in [2.75, 3.05) is 14.2 Å². The van der Waals surface area contributed by atoms with Crippen LogP contribution < -0.4 is 20.3 Å². The van der Waals surface area contributed by atoms with Crippen LogP contribution in [-0.4, -0.2) is 31.0 Å². The minimum atomic E-state index is -0.751. The number of rotatable bonds is 5. The highest BCUT2D eigenvalue weighted by molar-refractivity contribution is 7.17. The number of thiazole rings is 1. The van der Waals surface area contributed by atoms with E-state index in [0.717, 1.165) is 16.9 Å². The first kappa shape index (κ1) is 20.3. The number of aromatic nitrogens is 1. The monoisotopic (exact) mass is 415 g/mol. The van der Waals surface area contributed by atoms with Crippen molar-refractivity contribution < 1.29 is 23.5 Å². The number of halogens is 1. The van der Waals surface area contributed by atoms with E-state index in [9.17, 15) is 14.0 Å². The molecule has 0 aliphatic rings. The molecule has 0 radical (unpaired) electrons. The van der Waals surface area contributed by atoms with Crippen molar-refractivity contribution in [2.24, 2.45) is 0 Å². The van der Waals surface area contributed by atoms with Gasteiger partial charge in [-0.3, -0.25) is 20.4 Å². The summed E-state index contributed by atoms with van der Waals surface area (Å²) < 4.78 is 24.2. The number of benzene rings is 2. The van der Waals surface area contributed by atoms with Gasteiger partial charge in [-0.15, -0.1) is 11.3 Å². The van der Waals surface area contributed by atoms with Crippen molar-refractivity contribution in [3.63, 3.8) is 0 Å². The van der Waals surface area contributed by atoms with Gasteiger partial charge in [-0.2, -0.15) is 0 Å². The maximum Gasteiger partial charge on any atom is 0.281 e. The predicted octanol–water partition coefficient (Wildman–Crippen LogP) is 3.35. The Kier molecular flexibility index (Phi) is 6.08. The van der Waals surface area contributed by atoms with Crippen molar-refractivity contribution in [3.8, 4) is 22.1 Å². The molecule has 3 aromatic rings. The average Bonchev–Trinajstić information content (AvgIpc) is 3.13. The molecule has 0 fully saturated rings. The van der Waals surface area contributed by atoms with Gasteiger partial charge in [0, 0.05) is 5.56 Å². The van der Waals surface area contributed by atoms with Crippen molar-refractivity contribution in [1.82, 2.24) is 15.8 Å². The second-order valence-corrected chi connectivity index (χ2v) is 6.89. The fraction of sp³-hybridized carbons (Fsp3) is 0.150. The SMILES string of the molecule is COc1ccc(-c2nc(C)c(C(=O)NNC(=O)c3ccccc3F)s2)cc1OC. The molecule has 150 valence electrons. The molecule has 0 atom stereocenters. The summed E-state index contributed by atoms with van der Waals surface area (Å²) in [4.78, 5) is 29.2. The fourth-order valence-corrected chi connectivity index (χ4v) is 3.54. The van der Waals surface area contributed by atoms with Crippen LogP contribution >= 0.6 is 11.3 Å². The van der Waals surface area contributed by atoms with E-state index in [1.165, 1.54) is 31.4 Å². The average molecular weight is 415 g/mol. The van der Waals surface area contributed by atoms with Crippen LogP contribution in [0.15, 0.2) is 42.5 Å². The molecule has 7 nitrogen and oxygen atoms in total. The minimum absolute atomic E-state index is 0.167. The molecule has 3 rings (SSSR count). The van der Waals surface area contributed by atoms with Crippen LogP contribution in [0.25, 0.3) is 10.6 Å². The first-order valence-corrected chi connectivity index (χ1v) is 9.31. The lowest BCUT2D eigenvalue weighted by Gasteiger charge is -2.08. The third kappa shape index (κ3) is 4.35. The largest absolute Gasteiger partial charge is 0.493 e. The van der Waals surface area contributed by atoms with Crippen LogP contribution in [-0.2, 0) is 0 Å². The summed E-state index contributed by atoms with van der Waals surface area (Å²) in [5.74, 6) is -0.849. The van der Waals surface area contributed by atoms with Crippen LogP contribution in [0.1, 0.15) is 25.7 Å². The molecule has 9 heteroatoms. The van der Waals surface area contributed by atoms with Crippen LogP contribution in [0.4, 0.5) is 4.39 Å². The van der Waals surface area contributed by atoms with E-state index in [4.69, 9.17) is 9.47 Å². The van der Waals surface area contributed by atoms with Gasteiger partial charge in [-0.25, -0.2) is 9.37 Å². The molecule has 0 saturated carbocycles. The van der Waals surface area contributed by atoms with Crippen molar-refractivity contribution in [2.45, 2.75) is 6.92 Å². The number of aryl methyl sites for hydroxylation is 1. The Morgan fingerprint density at radius 2 is 1.69 bits per heavy atom. The van der Waals surface area contributed by atoms with E-state index in [0.29, 0.717) is 27.1 Å². The number of ether oxygens (including phenoxy) is 2. The summed E-state index contributed by atoms with van der Waals surface area (Å²) in [7, 11) is 3.08. The molecule has 2 aromatic carbocycles. The van der Waals surface area contributed by atoms with Gasteiger partial charge in [0.25, 0.3) is 11.8 Å². The zero-order valence-electron chi connectivity index (χ0n) is 15.9. The molecule has 0 aliphatic heterocycles. The van der Waals surface area contributed by atoms with Crippen molar-refractivity contribution >= 4 is 23.2 Å². The lowest BCUT2D eigenvalue weighted by atomic mass is 10.2. The maximum atomic E-state index is 13.7. The van der Waals surface area contributed by atoms with Crippen molar-refractivity contribution in [1.29, 1.82) is 0 Å². The van der Waals surface area contributed by atoms with Crippen LogP contribution in [0.5, 0.6) is 11.5 Å². The topological polar surface area (TPSA) is 89.5 Å². The molecule has 0 spiro atoms. The molecule has 0 bridgehead atoms. The summed E-state index contributed by atoms with van der Waals surface area (Å²) in [6.45, 7) is 1.69. The van der Waals surface area contributed by atoms with Gasteiger partial charge in [-0.1, -0.05) is 12.1 Å². The molecular formula is C20H18FN3O4S. The van der Waals surface area contributed by atoms with Crippen LogP contribution in [0.3, 0.4) is 0 Å². The summed E-state index contributed by atoms with van der Waals surface area (Å²) in [6, 6.07) is 10.8. The highest BCUT2D eigenvalue weighted by atomic mass is 32.1. The Bertz CT molecular complexity index is 1070. The highest BCUT2D eigenvalue weighted by Gasteiger charge is 2.19. The molecule has 29 heavy (non-hydrogen) atoms. The van der Waals surface area contributed by atoms with E-state index in [2.05, 4.69) is 15.8 Å². The number of nitrogens with zero attached hydrogens (tertiary/aromatic N) is 1. The van der Waals surface area contributed by atoms with Gasteiger partial charge < -0.3 is 9.47 Å². The highest BCUT2D eigenvalue weighted by Crippen LogP contribution is 2.34. The van der Waals surface area contributed by atoms with Gasteiger partial charge >= 0.3 is 0 Å². The summed E-state index contributed by atoms with van der Waals surface area (Å²) in [5, 5.41) is 0.606. The Labute approximate surface area is 170 Å². The minimum Gasteiger partial charge on any atom is -0.493 e. The number of hydrazine groups is 1. The van der Waals surface area contributed by atoms with Gasteiger partial charge in [-0.05, 0) is 37.3 Å². The summed E-state index contributed by atoms with van der Waals surface area (Å²) >= 11 is 1.16. The third-order valence-electron chi connectivity index (χ3n) is 4.04. The molecule has 0 saturated heterocycles. The Morgan fingerprint density at radius 3 is 2.38 bits per heavy atom. The fourth-order valence-electron chi connectivity index (χ4n) is 2.58. The molecule has 0 aliphatic carbocycles. The van der Waals surface area contributed by atoms with E-state index in [1.807, 2.05) is 0 Å². The molecule has 1 aromatic heterocycles. The second kappa shape index (κ2) is 8.70. The number of nitrogens with one attached hydrogen (secondary N) is 2. The molecule has 0 unspecified atom stereocenters. The third-order valence-corrected chi connectivity index (χ3v) is 5.25. The van der Waals surface area contributed by atoms with Gasteiger partial charge in [0.2, 0.25) is 0 Å². The number of carbonyl (C=O) groups excluding carboxylic acids is 2. The zero-order chi connectivity index (χ0) is 21.0. The lowest BCUT2D eigenvalue weighted by molar-refractivity contribution is 0.0846. The van der Waals surface area contributed by atoms with Crippen LogP contribution in [0.2, 0.25) is 0 Å². The first-order chi connectivity index (χ1) is 13.9. The zero-order valence-corrected chi connectivity index (χ0v) is 16.7. The van der Waals surface area contributed by atoms with Crippen molar-refractivity contribution in [3.05, 3.63) is 64.4 Å². The summed E-state index contributed by atoms with van der Waals surface area (Å²) in [6.07, 6.45) is 0. The molecule has 1 heterocycles. The Morgan fingerprint density at radius 1 is 1.00 bits per heavy atom. The number of amides is 2. The van der Waals surface area contributed by atoms with E-state index >= 15 is 0 Å². The normalized spacial score (nSPS) is 10.3. The van der Waals surface area contributed by atoms with Gasteiger partial charge in [0.15, 0.2) is 11.5 Å². The number of methoxy groups -OCH3 is 2. The quantitative estimate of drug-likeness (QED) is 0.624. The van der Waals surface area contributed by atoms with Gasteiger partial charge in [0.05, 0.1) is 25.5 Å². The molecular weight excluding hydrogens is 397 g/mol. The van der Waals surface area contributed by atoms with Gasteiger partial charge in [0.1, 0.15) is 15.7 Å². The standard InChI is InChI=1S/C20H18FN3O4S/c1-11-17(19(26)24-23-18(25)13-6-4-5-7-14(13)21)29-20(22-11)12-8-9-15(27-2)16(10-12)28-3/h4-10H,1-3H3,(H,23,25)(H,24,26). The number of hydrogen-bond donors (Lipinski definition) is 2. The predicted molar refractivity (Wildman–Crippen MR) is 107 cm³/mol. The van der Waals surface area contributed by atoms with E-state index < -0.39 is 17.6 Å². The maximum absolute atomic E-state index is 13.7. The van der Waals surface area contributed by atoms with E-state index in [1.54, 1.807) is 32.2 Å². The molecule has 2 N–H and O–H groups in total. The van der Waals surface area contributed by atoms with E-state index in [-0.39, 0.29) is 5.56 Å². The second-order valence-electron chi connectivity index (χ2n) is 5.89. The summed E-state index contributed by atoms with van der Waals surface area (Å²) in [5.41, 5.74) is 5.59.